The molecule has 0 bridgehead atoms. The van der Waals surface area contributed by atoms with Crippen LogP contribution in [0, 0.1) is 12.7 Å². The number of hydrogen-bond donors (Lipinski definition) is 1. The Morgan fingerprint density at radius 3 is 2.76 bits per heavy atom. The maximum absolute atomic E-state index is 13.2. The molecule has 0 amide bonds. The van der Waals surface area contributed by atoms with Crippen molar-refractivity contribution in [2.45, 2.75) is 6.92 Å². The molecule has 0 spiro atoms. The molecule has 0 unspecified atom stereocenters. The normalized spacial score (nSPS) is 10.4. The standard InChI is InChI=1S/C12H11ClFN3/c1-7-11(16-6-17-12(7)15-2)9-5-8(14)3-4-10(9)13/h3-6H,1-2H3,(H,15,16,17). The van der Waals surface area contributed by atoms with Crippen molar-refractivity contribution in [1.29, 1.82) is 0 Å². The van der Waals surface area contributed by atoms with Gasteiger partial charge < -0.3 is 5.32 Å². The Kier molecular flexibility index (Phi) is 3.24. The van der Waals surface area contributed by atoms with Crippen molar-refractivity contribution in [3.63, 3.8) is 0 Å². The van der Waals surface area contributed by atoms with Gasteiger partial charge in [-0.25, -0.2) is 14.4 Å². The average molecular weight is 252 g/mol. The van der Waals surface area contributed by atoms with Crippen molar-refractivity contribution in [2.75, 3.05) is 12.4 Å². The van der Waals surface area contributed by atoms with E-state index in [2.05, 4.69) is 15.3 Å². The largest absolute Gasteiger partial charge is 0.373 e. The Hall–Kier alpha value is -1.68. The predicted molar refractivity (Wildman–Crippen MR) is 66.7 cm³/mol. The second-order valence-corrected chi connectivity index (χ2v) is 3.98. The van der Waals surface area contributed by atoms with Crippen LogP contribution in [0.4, 0.5) is 10.2 Å². The third-order valence-corrected chi connectivity index (χ3v) is 2.83. The van der Waals surface area contributed by atoms with Crippen molar-refractivity contribution >= 4 is 17.4 Å². The molecule has 1 heterocycles. The Balaban J connectivity index is 2.64. The first-order valence-corrected chi connectivity index (χ1v) is 5.46. The number of hydrogen-bond acceptors (Lipinski definition) is 3. The molecule has 2 aromatic rings. The number of benzene rings is 1. The van der Waals surface area contributed by atoms with E-state index in [1.54, 1.807) is 7.05 Å². The van der Waals surface area contributed by atoms with Gasteiger partial charge in [-0.05, 0) is 25.1 Å². The molecular formula is C12H11ClFN3. The van der Waals surface area contributed by atoms with E-state index in [1.807, 2.05) is 6.92 Å². The van der Waals surface area contributed by atoms with Gasteiger partial charge in [0, 0.05) is 18.2 Å². The van der Waals surface area contributed by atoms with Crippen molar-refractivity contribution in [1.82, 2.24) is 9.97 Å². The molecule has 0 fully saturated rings. The Morgan fingerprint density at radius 2 is 2.06 bits per heavy atom. The summed E-state index contributed by atoms with van der Waals surface area (Å²) in [6.07, 6.45) is 1.43. The highest BCUT2D eigenvalue weighted by atomic mass is 35.5. The highest BCUT2D eigenvalue weighted by Gasteiger charge is 2.12. The van der Waals surface area contributed by atoms with Gasteiger partial charge >= 0.3 is 0 Å². The van der Waals surface area contributed by atoms with E-state index in [1.165, 1.54) is 24.5 Å². The van der Waals surface area contributed by atoms with Crippen LogP contribution in [0.1, 0.15) is 5.56 Å². The molecule has 0 aliphatic rings. The number of nitrogens with one attached hydrogen (secondary N) is 1. The molecule has 1 aromatic carbocycles. The molecule has 5 heteroatoms. The van der Waals surface area contributed by atoms with Crippen molar-refractivity contribution in [3.8, 4) is 11.3 Å². The van der Waals surface area contributed by atoms with Crippen LogP contribution < -0.4 is 5.32 Å². The molecule has 0 saturated carbocycles. The van der Waals surface area contributed by atoms with Crippen LogP contribution in [0.2, 0.25) is 5.02 Å². The van der Waals surface area contributed by atoms with Crippen LogP contribution in [-0.2, 0) is 0 Å². The molecule has 88 valence electrons. The van der Waals surface area contributed by atoms with Gasteiger partial charge in [-0.1, -0.05) is 11.6 Å². The van der Waals surface area contributed by atoms with E-state index in [9.17, 15) is 4.39 Å². The van der Waals surface area contributed by atoms with Gasteiger partial charge in [-0.15, -0.1) is 0 Å². The van der Waals surface area contributed by atoms with Crippen LogP contribution in [0.3, 0.4) is 0 Å². The van der Waals surface area contributed by atoms with Gasteiger partial charge in [0.1, 0.15) is 18.0 Å². The summed E-state index contributed by atoms with van der Waals surface area (Å²) in [5.41, 5.74) is 2.04. The highest BCUT2D eigenvalue weighted by molar-refractivity contribution is 6.33. The molecule has 2 rings (SSSR count). The van der Waals surface area contributed by atoms with Gasteiger partial charge in [0.05, 0.1) is 10.7 Å². The summed E-state index contributed by atoms with van der Waals surface area (Å²) in [4.78, 5) is 8.23. The highest BCUT2D eigenvalue weighted by Crippen LogP contribution is 2.31. The zero-order valence-corrected chi connectivity index (χ0v) is 10.2. The topological polar surface area (TPSA) is 37.8 Å². The van der Waals surface area contributed by atoms with Crippen LogP contribution in [-0.4, -0.2) is 17.0 Å². The smallest absolute Gasteiger partial charge is 0.132 e. The Bertz CT molecular complexity index is 557. The summed E-state index contributed by atoms with van der Waals surface area (Å²) in [6.45, 7) is 1.86. The molecular weight excluding hydrogens is 241 g/mol. The molecule has 0 saturated heterocycles. The second-order valence-electron chi connectivity index (χ2n) is 3.57. The van der Waals surface area contributed by atoms with Crippen molar-refractivity contribution in [3.05, 3.63) is 40.9 Å². The molecule has 1 N–H and O–H groups in total. The first kappa shape index (κ1) is 11.8. The number of halogens is 2. The van der Waals surface area contributed by atoms with E-state index in [0.717, 1.165) is 5.56 Å². The fourth-order valence-electron chi connectivity index (χ4n) is 1.65. The molecule has 0 aliphatic heterocycles. The molecule has 0 atom stereocenters. The summed E-state index contributed by atoms with van der Waals surface area (Å²) in [5.74, 6) is 0.365. The molecule has 1 aromatic heterocycles. The Labute approximate surface area is 104 Å². The lowest BCUT2D eigenvalue weighted by atomic mass is 10.1. The monoisotopic (exact) mass is 251 g/mol. The van der Waals surface area contributed by atoms with Crippen LogP contribution >= 0.6 is 11.6 Å². The van der Waals surface area contributed by atoms with Gasteiger partial charge in [-0.2, -0.15) is 0 Å². The quantitative estimate of drug-likeness (QED) is 0.890. The maximum atomic E-state index is 13.2. The minimum absolute atomic E-state index is 0.339. The van der Waals surface area contributed by atoms with E-state index in [-0.39, 0.29) is 5.82 Å². The van der Waals surface area contributed by atoms with Crippen LogP contribution in [0.5, 0.6) is 0 Å². The number of rotatable bonds is 2. The molecule has 0 aliphatic carbocycles. The summed E-state index contributed by atoms with van der Waals surface area (Å²) in [5, 5.41) is 3.42. The van der Waals surface area contributed by atoms with E-state index in [4.69, 9.17) is 11.6 Å². The third-order valence-electron chi connectivity index (χ3n) is 2.50. The Morgan fingerprint density at radius 1 is 1.29 bits per heavy atom. The number of nitrogens with zero attached hydrogens (tertiary/aromatic N) is 2. The van der Waals surface area contributed by atoms with Gasteiger partial charge in [0.2, 0.25) is 0 Å². The minimum atomic E-state index is -0.339. The van der Waals surface area contributed by atoms with Crippen LogP contribution in [0.25, 0.3) is 11.3 Å². The maximum Gasteiger partial charge on any atom is 0.132 e. The van der Waals surface area contributed by atoms with Gasteiger partial charge in [0.15, 0.2) is 0 Å². The predicted octanol–water partition coefficient (Wildman–Crippen LogP) is 3.29. The summed E-state index contributed by atoms with van der Waals surface area (Å²) < 4.78 is 13.2. The lowest BCUT2D eigenvalue weighted by Gasteiger charge is -2.10. The zero-order chi connectivity index (χ0) is 12.4. The third kappa shape index (κ3) is 2.22. The molecule has 17 heavy (non-hydrogen) atoms. The van der Waals surface area contributed by atoms with Gasteiger partial charge in [0.25, 0.3) is 0 Å². The second kappa shape index (κ2) is 4.67. The van der Waals surface area contributed by atoms with Crippen molar-refractivity contribution in [2.24, 2.45) is 0 Å². The summed E-state index contributed by atoms with van der Waals surface area (Å²) in [7, 11) is 1.77. The molecule has 3 nitrogen and oxygen atoms in total. The van der Waals surface area contributed by atoms with Gasteiger partial charge in [-0.3, -0.25) is 0 Å². The lowest BCUT2D eigenvalue weighted by Crippen LogP contribution is -1.99. The SMILES string of the molecule is CNc1ncnc(-c2cc(F)ccc2Cl)c1C. The number of anilines is 1. The van der Waals surface area contributed by atoms with E-state index < -0.39 is 0 Å². The zero-order valence-electron chi connectivity index (χ0n) is 9.46. The number of aromatic nitrogens is 2. The first-order chi connectivity index (χ1) is 8.13. The average Bonchev–Trinajstić information content (AvgIpc) is 2.33. The fourth-order valence-corrected chi connectivity index (χ4v) is 1.86. The lowest BCUT2D eigenvalue weighted by molar-refractivity contribution is 0.628. The van der Waals surface area contributed by atoms with E-state index >= 15 is 0 Å². The summed E-state index contributed by atoms with van der Waals surface area (Å²) >= 11 is 6.05. The fraction of sp³-hybridized carbons (Fsp3) is 0.167. The molecule has 0 radical (unpaired) electrons. The summed E-state index contributed by atoms with van der Waals surface area (Å²) in [6, 6.07) is 4.21. The minimum Gasteiger partial charge on any atom is -0.373 e. The van der Waals surface area contributed by atoms with Crippen molar-refractivity contribution < 1.29 is 4.39 Å². The van der Waals surface area contributed by atoms with E-state index in [0.29, 0.717) is 22.1 Å². The van der Waals surface area contributed by atoms with Crippen LogP contribution in [0.15, 0.2) is 24.5 Å². The first-order valence-electron chi connectivity index (χ1n) is 5.08.